The van der Waals surface area contributed by atoms with Crippen molar-refractivity contribution in [1.82, 2.24) is 9.55 Å². The first-order chi connectivity index (χ1) is 10.0. The molecule has 0 bridgehead atoms. The topological polar surface area (TPSA) is 130 Å². The molecule has 0 aliphatic heterocycles. The number of hydrogen-bond acceptors (Lipinski definition) is 5. The van der Waals surface area contributed by atoms with Crippen LogP contribution in [-0.2, 0) is 6.54 Å². The monoisotopic (exact) mass is 290 g/mol. The number of imidazole rings is 1. The number of rotatable bonds is 5. The third-order valence-corrected chi connectivity index (χ3v) is 2.74. The molecule has 8 heteroatoms. The predicted octanol–water partition coefficient (Wildman–Crippen LogP) is 0.498. The molecule has 5 N–H and O–H groups in total. The van der Waals surface area contributed by atoms with E-state index in [1.807, 2.05) is 0 Å². The van der Waals surface area contributed by atoms with Gasteiger partial charge >= 0.3 is 5.97 Å². The summed E-state index contributed by atoms with van der Waals surface area (Å²) in [5.41, 5.74) is 5.50. The first-order valence-corrected chi connectivity index (χ1v) is 6.10. The van der Waals surface area contributed by atoms with Gasteiger partial charge in [0.05, 0.1) is 17.6 Å². The lowest BCUT2D eigenvalue weighted by Gasteiger charge is -2.06. The Kier molecular flexibility index (Phi) is 4.19. The lowest BCUT2D eigenvalue weighted by Crippen LogP contribution is -2.13. The minimum absolute atomic E-state index is 0.00766. The van der Waals surface area contributed by atoms with E-state index in [1.165, 1.54) is 30.7 Å². The number of aromatic carboxylic acids is 1. The Balaban J connectivity index is 2.18. The van der Waals surface area contributed by atoms with Crippen molar-refractivity contribution < 1.29 is 19.8 Å². The Bertz CT molecular complexity index is 681. The van der Waals surface area contributed by atoms with Gasteiger partial charge in [-0.25, -0.2) is 9.78 Å². The minimum atomic E-state index is -1.15. The Morgan fingerprint density at radius 3 is 2.81 bits per heavy atom. The first kappa shape index (κ1) is 14.5. The van der Waals surface area contributed by atoms with Gasteiger partial charge in [0, 0.05) is 19.3 Å². The van der Waals surface area contributed by atoms with Gasteiger partial charge in [0.1, 0.15) is 11.4 Å². The number of carboxylic acids is 1. The second kappa shape index (κ2) is 6.06. The summed E-state index contributed by atoms with van der Waals surface area (Å²) in [6.45, 7) is 0.943. The van der Waals surface area contributed by atoms with Crippen LogP contribution in [0.5, 0.6) is 5.75 Å². The second-order valence-corrected chi connectivity index (χ2v) is 4.28. The van der Waals surface area contributed by atoms with Crippen LogP contribution in [0.1, 0.15) is 20.8 Å². The molecule has 0 saturated carbocycles. The molecule has 2 aromatic rings. The fourth-order valence-electron chi connectivity index (χ4n) is 1.70. The number of nitrogens with one attached hydrogen (secondary N) is 1. The fourth-order valence-corrected chi connectivity index (χ4v) is 1.70. The molecule has 0 fully saturated rings. The molecule has 2 rings (SSSR count). The predicted molar refractivity (Wildman–Crippen MR) is 74.3 cm³/mol. The summed E-state index contributed by atoms with van der Waals surface area (Å²) in [5.74, 6) is -1.93. The van der Waals surface area contributed by atoms with E-state index in [2.05, 4.69) is 10.3 Å². The van der Waals surface area contributed by atoms with Crippen molar-refractivity contribution >= 4 is 17.6 Å². The van der Waals surface area contributed by atoms with Gasteiger partial charge in [0.15, 0.2) is 0 Å². The van der Waals surface area contributed by atoms with Crippen LogP contribution in [-0.4, -0.2) is 38.2 Å². The number of carbonyl (C=O) groups excluding carboxylic acids is 1. The number of amides is 1. The van der Waals surface area contributed by atoms with Gasteiger partial charge in [-0.1, -0.05) is 0 Å². The highest BCUT2D eigenvalue weighted by atomic mass is 16.4. The van der Waals surface area contributed by atoms with Crippen LogP contribution in [0, 0.1) is 0 Å². The van der Waals surface area contributed by atoms with Crippen molar-refractivity contribution in [3.63, 3.8) is 0 Å². The Hall–Kier alpha value is -2.87. The summed E-state index contributed by atoms with van der Waals surface area (Å²) in [7, 11) is 0. The van der Waals surface area contributed by atoms with E-state index in [0.29, 0.717) is 13.1 Å². The van der Waals surface area contributed by atoms with Crippen molar-refractivity contribution in [2.24, 2.45) is 5.73 Å². The third-order valence-electron chi connectivity index (χ3n) is 2.74. The van der Waals surface area contributed by atoms with Crippen LogP contribution in [0.2, 0.25) is 0 Å². The molecule has 110 valence electrons. The highest BCUT2D eigenvalue weighted by Crippen LogP contribution is 2.24. The molecule has 0 radical (unpaired) electrons. The molecule has 0 spiro atoms. The van der Waals surface area contributed by atoms with Crippen LogP contribution >= 0.6 is 0 Å². The number of nitrogens with zero attached hydrogens (tertiary/aromatic N) is 2. The fraction of sp³-hybridized carbons (Fsp3) is 0.154. The van der Waals surface area contributed by atoms with E-state index in [0.717, 1.165) is 0 Å². The van der Waals surface area contributed by atoms with E-state index < -0.39 is 11.9 Å². The smallest absolute Gasteiger partial charge is 0.335 e. The van der Waals surface area contributed by atoms with Gasteiger partial charge in [-0.2, -0.15) is 0 Å². The molecule has 0 aliphatic rings. The maximum Gasteiger partial charge on any atom is 0.335 e. The SMILES string of the molecule is NCCn1cnc(C(=O)Nc2cc(C(=O)O)ccc2O)c1. The average molecular weight is 290 g/mol. The number of carbonyl (C=O) groups is 2. The molecule has 21 heavy (non-hydrogen) atoms. The maximum absolute atomic E-state index is 12.0. The zero-order valence-electron chi connectivity index (χ0n) is 11.0. The summed E-state index contributed by atoms with van der Waals surface area (Å²) < 4.78 is 1.66. The number of phenols is 1. The lowest BCUT2D eigenvalue weighted by molar-refractivity contribution is 0.0696. The van der Waals surface area contributed by atoms with E-state index in [1.54, 1.807) is 4.57 Å². The number of hydrogen-bond donors (Lipinski definition) is 4. The molecule has 1 heterocycles. The normalized spacial score (nSPS) is 10.3. The number of anilines is 1. The summed E-state index contributed by atoms with van der Waals surface area (Å²) in [6.07, 6.45) is 2.98. The second-order valence-electron chi connectivity index (χ2n) is 4.28. The van der Waals surface area contributed by atoms with Gasteiger partial charge in [-0.3, -0.25) is 4.79 Å². The van der Waals surface area contributed by atoms with E-state index in [-0.39, 0.29) is 22.7 Å². The van der Waals surface area contributed by atoms with Crippen LogP contribution in [0.15, 0.2) is 30.7 Å². The molecule has 1 aromatic heterocycles. The van der Waals surface area contributed by atoms with Gasteiger partial charge in [0.2, 0.25) is 0 Å². The number of phenolic OH excluding ortho intramolecular Hbond substituents is 1. The Morgan fingerprint density at radius 1 is 1.38 bits per heavy atom. The summed E-state index contributed by atoms with van der Waals surface area (Å²) in [5, 5.41) is 21.0. The number of benzene rings is 1. The van der Waals surface area contributed by atoms with Crippen molar-refractivity contribution in [2.45, 2.75) is 6.54 Å². The molecular weight excluding hydrogens is 276 g/mol. The summed E-state index contributed by atoms with van der Waals surface area (Å²) in [6, 6.07) is 3.61. The zero-order valence-corrected chi connectivity index (χ0v) is 11.0. The standard InChI is InChI=1S/C13H14N4O4/c14-3-4-17-6-10(15-7-17)12(19)16-9-5-8(13(20)21)1-2-11(9)18/h1-2,5-7,18H,3-4,14H2,(H,16,19)(H,20,21). The van der Waals surface area contributed by atoms with Gasteiger partial charge in [0.25, 0.3) is 5.91 Å². The van der Waals surface area contributed by atoms with E-state index in [4.69, 9.17) is 10.8 Å². The van der Waals surface area contributed by atoms with Gasteiger partial charge in [-0.15, -0.1) is 0 Å². The molecular formula is C13H14N4O4. The van der Waals surface area contributed by atoms with Crippen molar-refractivity contribution in [2.75, 3.05) is 11.9 Å². The molecule has 1 amide bonds. The molecule has 0 unspecified atom stereocenters. The Morgan fingerprint density at radius 2 is 2.14 bits per heavy atom. The van der Waals surface area contributed by atoms with Gasteiger partial charge < -0.3 is 25.8 Å². The largest absolute Gasteiger partial charge is 0.506 e. The zero-order chi connectivity index (χ0) is 15.4. The van der Waals surface area contributed by atoms with Crippen LogP contribution in [0.3, 0.4) is 0 Å². The van der Waals surface area contributed by atoms with E-state index >= 15 is 0 Å². The van der Waals surface area contributed by atoms with E-state index in [9.17, 15) is 14.7 Å². The minimum Gasteiger partial charge on any atom is -0.506 e. The Labute approximate surface area is 119 Å². The average Bonchev–Trinajstić information content (AvgIpc) is 2.90. The number of aromatic nitrogens is 2. The summed E-state index contributed by atoms with van der Waals surface area (Å²) in [4.78, 5) is 26.8. The number of carboxylic acid groups (broad SMARTS) is 1. The first-order valence-electron chi connectivity index (χ1n) is 6.10. The molecule has 0 saturated heterocycles. The van der Waals surface area contributed by atoms with Crippen LogP contribution < -0.4 is 11.1 Å². The molecule has 8 nitrogen and oxygen atoms in total. The highest BCUT2D eigenvalue weighted by Gasteiger charge is 2.14. The number of nitrogens with two attached hydrogens (primary N) is 1. The van der Waals surface area contributed by atoms with Crippen molar-refractivity contribution in [3.05, 3.63) is 42.0 Å². The highest BCUT2D eigenvalue weighted by molar-refractivity contribution is 6.04. The van der Waals surface area contributed by atoms with Crippen molar-refractivity contribution in [1.29, 1.82) is 0 Å². The molecule has 0 atom stereocenters. The van der Waals surface area contributed by atoms with Crippen LogP contribution in [0.4, 0.5) is 5.69 Å². The van der Waals surface area contributed by atoms with Crippen LogP contribution in [0.25, 0.3) is 0 Å². The van der Waals surface area contributed by atoms with Gasteiger partial charge in [-0.05, 0) is 18.2 Å². The maximum atomic E-state index is 12.0. The lowest BCUT2D eigenvalue weighted by atomic mass is 10.2. The molecule has 1 aromatic carbocycles. The summed E-state index contributed by atoms with van der Waals surface area (Å²) >= 11 is 0. The van der Waals surface area contributed by atoms with Crippen molar-refractivity contribution in [3.8, 4) is 5.75 Å². The third kappa shape index (κ3) is 3.37. The number of aromatic hydroxyl groups is 1. The quantitative estimate of drug-likeness (QED) is 0.593. The molecule has 0 aliphatic carbocycles.